The van der Waals surface area contributed by atoms with Gasteiger partial charge in [0, 0.05) is 30.3 Å². The summed E-state index contributed by atoms with van der Waals surface area (Å²) in [6, 6.07) is 16.1. The molecule has 0 saturated carbocycles. The number of hydrogen-bond donors (Lipinski definition) is 1. The number of nitrogens with one attached hydrogen (secondary N) is 1. The first-order valence-corrected chi connectivity index (χ1v) is 9.50. The van der Waals surface area contributed by atoms with Gasteiger partial charge in [-0.3, -0.25) is 10.1 Å². The Morgan fingerprint density at radius 1 is 1.17 bits per heavy atom. The molecule has 29 heavy (non-hydrogen) atoms. The van der Waals surface area contributed by atoms with Crippen LogP contribution in [0.2, 0.25) is 0 Å². The Kier molecular flexibility index (Phi) is 6.50. The van der Waals surface area contributed by atoms with Gasteiger partial charge in [0.1, 0.15) is 0 Å². The van der Waals surface area contributed by atoms with Crippen molar-refractivity contribution in [1.82, 2.24) is 20.4 Å². The van der Waals surface area contributed by atoms with Gasteiger partial charge >= 0.3 is 0 Å². The molecule has 0 aliphatic rings. The van der Waals surface area contributed by atoms with Crippen molar-refractivity contribution in [1.29, 1.82) is 0 Å². The summed E-state index contributed by atoms with van der Waals surface area (Å²) in [5.41, 5.74) is 1.77. The first-order valence-electron chi connectivity index (χ1n) is 9.09. The Balaban J connectivity index is 1.66. The van der Waals surface area contributed by atoms with Gasteiger partial charge in [-0.2, -0.15) is 0 Å². The number of rotatable bonds is 7. The molecule has 0 aliphatic carbocycles. The number of nitrogens with zero attached hydrogens (tertiary/aromatic N) is 4. The van der Waals surface area contributed by atoms with Gasteiger partial charge in [-0.1, -0.05) is 30.3 Å². The topological polar surface area (TPSA) is 97.3 Å². The monoisotopic (exact) mass is 411 g/mol. The van der Waals surface area contributed by atoms with Crippen molar-refractivity contribution in [3.8, 4) is 11.5 Å². The standard InChI is InChI=1S/C20H21N5O3S/c1-14(2)24(20(29)21-12-15-6-4-3-5-7-15)13-18-22-23-19(28-18)16-8-10-17(11-9-16)25(26)27/h3-11,14H,12-13H2,1-2H3,(H,21,29). The van der Waals surface area contributed by atoms with Crippen LogP contribution in [-0.2, 0) is 13.1 Å². The van der Waals surface area contributed by atoms with Crippen LogP contribution < -0.4 is 5.32 Å². The summed E-state index contributed by atoms with van der Waals surface area (Å²) in [6.45, 7) is 5.05. The normalized spacial score (nSPS) is 10.7. The molecule has 0 amide bonds. The molecule has 150 valence electrons. The zero-order valence-electron chi connectivity index (χ0n) is 16.1. The van der Waals surface area contributed by atoms with Gasteiger partial charge in [0.25, 0.3) is 5.69 Å². The molecule has 3 aromatic rings. The highest BCUT2D eigenvalue weighted by atomic mass is 32.1. The summed E-state index contributed by atoms with van der Waals surface area (Å²) in [4.78, 5) is 12.3. The van der Waals surface area contributed by atoms with Crippen molar-refractivity contribution in [3.63, 3.8) is 0 Å². The molecule has 9 heteroatoms. The van der Waals surface area contributed by atoms with E-state index in [0.717, 1.165) is 5.56 Å². The SMILES string of the molecule is CC(C)N(Cc1nnc(-c2ccc([N+](=O)[O-])cc2)o1)C(=S)NCc1ccccc1. The lowest BCUT2D eigenvalue weighted by Gasteiger charge is -2.28. The molecule has 0 radical (unpaired) electrons. The number of nitro groups is 1. The number of hydrogen-bond acceptors (Lipinski definition) is 6. The summed E-state index contributed by atoms with van der Waals surface area (Å²) < 4.78 is 5.74. The lowest BCUT2D eigenvalue weighted by molar-refractivity contribution is -0.384. The molecule has 0 bridgehead atoms. The van der Waals surface area contributed by atoms with Crippen LogP contribution in [0.4, 0.5) is 5.69 Å². The molecule has 3 rings (SSSR count). The second-order valence-electron chi connectivity index (χ2n) is 6.67. The van der Waals surface area contributed by atoms with Gasteiger partial charge < -0.3 is 14.6 Å². The number of aromatic nitrogens is 2. The maximum absolute atomic E-state index is 10.8. The van der Waals surface area contributed by atoms with Crippen LogP contribution >= 0.6 is 12.2 Å². The molecule has 0 atom stereocenters. The van der Waals surface area contributed by atoms with E-state index in [-0.39, 0.29) is 11.7 Å². The van der Waals surface area contributed by atoms with E-state index in [9.17, 15) is 10.1 Å². The molecule has 1 heterocycles. The fourth-order valence-electron chi connectivity index (χ4n) is 2.67. The molecular weight excluding hydrogens is 390 g/mol. The summed E-state index contributed by atoms with van der Waals surface area (Å²) in [6.07, 6.45) is 0. The predicted molar refractivity (Wildman–Crippen MR) is 113 cm³/mol. The van der Waals surface area contributed by atoms with Crippen molar-refractivity contribution in [3.05, 3.63) is 76.2 Å². The number of nitro benzene ring substituents is 1. The van der Waals surface area contributed by atoms with E-state index in [2.05, 4.69) is 15.5 Å². The van der Waals surface area contributed by atoms with Crippen LogP contribution in [0.15, 0.2) is 59.0 Å². The average molecular weight is 411 g/mol. The third-order valence-corrected chi connectivity index (χ3v) is 4.65. The zero-order chi connectivity index (χ0) is 20.8. The van der Waals surface area contributed by atoms with Crippen molar-refractivity contribution >= 4 is 23.0 Å². The molecule has 1 N–H and O–H groups in total. The first-order chi connectivity index (χ1) is 13.9. The van der Waals surface area contributed by atoms with E-state index in [1.807, 2.05) is 49.1 Å². The molecule has 2 aromatic carbocycles. The van der Waals surface area contributed by atoms with Crippen LogP contribution in [-0.4, -0.2) is 31.2 Å². The number of non-ortho nitro benzene ring substituents is 1. The van der Waals surface area contributed by atoms with Gasteiger partial charge in [0.2, 0.25) is 11.8 Å². The Morgan fingerprint density at radius 2 is 1.86 bits per heavy atom. The molecule has 1 aromatic heterocycles. The van der Waals surface area contributed by atoms with E-state index in [4.69, 9.17) is 16.6 Å². The van der Waals surface area contributed by atoms with E-state index < -0.39 is 4.92 Å². The molecular formula is C20H21N5O3S. The third kappa shape index (κ3) is 5.35. The van der Waals surface area contributed by atoms with Crippen LogP contribution in [0.5, 0.6) is 0 Å². The molecule has 0 fully saturated rings. The van der Waals surface area contributed by atoms with Gasteiger partial charge in [-0.15, -0.1) is 10.2 Å². The number of benzene rings is 2. The Bertz CT molecular complexity index is 973. The molecule has 8 nitrogen and oxygen atoms in total. The lowest BCUT2D eigenvalue weighted by Crippen LogP contribution is -2.43. The van der Waals surface area contributed by atoms with Gasteiger partial charge in [-0.05, 0) is 43.8 Å². The van der Waals surface area contributed by atoms with E-state index in [1.54, 1.807) is 12.1 Å². The quantitative estimate of drug-likeness (QED) is 0.355. The minimum absolute atomic E-state index is 0.00862. The van der Waals surface area contributed by atoms with Crippen molar-refractivity contribution < 1.29 is 9.34 Å². The van der Waals surface area contributed by atoms with Crippen molar-refractivity contribution in [2.75, 3.05) is 0 Å². The van der Waals surface area contributed by atoms with Crippen LogP contribution in [0.25, 0.3) is 11.5 Å². The van der Waals surface area contributed by atoms with E-state index in [0.29, 0.717) is 35.5 Å². The van der Waals surface area contributed by atoms with Gasteiger partial charge in [0.05, 0.1) is 11.5 Å². The average Bonchev–Trinajstić information content (AvgIpc) is 3.19. The van der Waals surface area contributed by atoms with Crippen LogP contribution in [0.3, 0.4) is 0 Å². The van der Waals surface area contributed by atoms with Crippen LogP contribution in [0.1, 0.15) is 25.3 Å². The highest BCUT2D eigenvalue weighted by Crippen LogP contribution is 2.22. The Hall–Kier alpha value is -3.33. The number of thiocarbonyl (C=S) groups is 1. The summed E-state index contributed by atoms with van der Waals surface area (Å²) >= 11 is 5.55. The Labute approximate surface area is 173 Å². The summed E-state index contributed by atoms with van der Waals surface area (Å²) in [7, 11) is 0. The smallest absolute Gasteiger partial charge is 0.269 e. The highest BCUT2D eigenvalue weighted by Gasteiger charge is 2.18. The molecule has 0 saturated heterocycles. The molecule has 0 unspecified atom stereocenters. The fourth-order valence-corrected chi connectivity index (χ4v) is 3.02. The minimum Gasteiger partial charge on any atom is -0.419 e. The van der Waals surface area contributed by atoms with Gasteiger partial charge in [0.15, 0.2) is 5.11 Å². The van der Waals surface area contributed by atoms with Crippen molar-refractivity contribution in [2.45, 2.75) is 33.0 Å². The maximum Gasteiger partial charge on any atom is 0.269 e. The third-order valence-electron chi connectivity index (χ3n) is 4.27. The molecule has 0 aliphatic heterocycles. The van der Waals surface area contributed by atoms with E-state index in [1.165, 1.54) is 12.1 Å². The second-order valence-corrected chi connectivity index (χ2v) is 7.06. The first kappa shape index (κ1) is 20.4. The predicted octanol–water partition coefficient (Wildman–Crippen LogP) is 3.93. The van der Waals surface area contributed by atoms with Gasteiger partial charge in [-0.25, -0.2) is 0 Å². The maximum atomic E-state index is 10.8. The summed E-state index contributed by atoms with van der Waals surface area (Å²) in [5.74, 6) is 0.720. The Morgan fingerprint density at radius 3 is 2.48 bits per heavy atom. The lowest BCUT2D eigenvalue weighted by atomic mass is 10.2. The minimum atomic E-state index is -0.451. The zero-order valence-corrected chi connectivity index (χ0v) is 16.9. The largest absolute Gasteiger partial charge is 0.419 e. The van der Waals surface area contributed by atoms with E-state index >= 15 is 0 Å². The molecule has 0 spiro atoms. The van der Waals surface area contributed by atoms with Crippen molar-refractivity contribution in [2.24, 2.45) is 0 Å². The highest BCUT2D eigenvalue weighted by molar-refractivity contribution is 7.80. The van der Waals surface area contributed by atoms with Crippen LogP contribution in [0, 0.1) is 10.1 Å². The fraction of sp³-hybridized carbons (Fsp3) is 0.250. The second kappa shape index (κ2) is 9.24. The summed E-state index contributed by atoms with van der Waals surface area (Å²) in [5, 5.41) is 22.8.